The van der Waals surface area contributed by atoms with Gasteiger partial charge in [-0.15, -0.1) is 0 Å². The molecule has 0 radical (unpaired) electrons. The zero-order valence-electron chi connectivity index (χ0n) is 10.9. The van der Waals surface area contributed by atoms with E-state index in [1.807, 2.05) is 0 Å². The highest BCUT2D eigenvalue weighted by atomic mass is 32.2. The number of halogens is 9. The lowest BCUT2D eigenvalue weighted by atomic mass is 10.1. The van der Waals surface area contributed by atoms with Crippen molar-refractivity contribution in [3.8, 4) is 0 Å². The van der Waals surface area contributed by atoms with Crippen molar-refractivity contribution in [3.63, 3.8) is 0 Å². The van der Waals surface area contributed by atoms with Crippen LogP contribution in [0.15, 0.2) is 35.2 Å². The van der Waals surface area contributed by atoms with Gasteiger partial charge in [-0.1, -0.05) is 18.2 Å². The summed E-state index contributed by atoms with van der Waals surface area (Å²) in [6, 6.07) is 6.89. The zero-order chi connectivity index (χ0) is 17.4. The van der Waals surface area contributed by atoms with Gasteiger partial charge >= 0.3 is 23.9 Å². The number of benzene rings is 1. The lowest BCUT2D eigenvalue weighted by molar-refractivity contribution is -0.392. The third kappa shape index (κ3) is 3.31. The van der Waals surface area contributed by atoms with Gasteiger partial charge in [0.25, 0.3) is 0 Å². The van der Waals surface area contributed by atoms with Crippen LogP contribution in [0.25, 0.3) is 0 Å². The minimum absolute atomic E-state index is 0.147. The highest BCUT2D eigenvalue weighted by Crippen LogP contribution is 2.53. The molecule has 10 heteroatoms. The van der Waals surface area contributed by atoms with E-state index in [-0.39, 0.29) is 4.90 Å². The van der Waals surface area contributed by atoms with E-state index in [1.54, 1.807) is 0 Å². The SMILES string of the molecule is C[S+](CC(F)(F)C(F)(F)C(F)(F)C(F)(F)F)c1ccccc1. The molecule has 1 unspecified atom stereocenters. The van der Waals surface area contributed by atoms with Gasteiger partial charge in [0, 0.05) is 10.9 Å². The lowest BCUT2D eigenvalue weighted by Crippen LogP contribution is -2.62. The Morgan fingerprint density at radius 2 is 1.23 bits per heavy atom. The van der Waals surface area contributed by atoms with E-state index in [1.165, 1.54) is 30.3 Å². The number of rotatable bonds is 5. The van der Waals surface area contributed by atoms with E-state index >= 15 is 0 Å². The van der Waals surface area contributed by atoms with Crippen LogP contribution < -0.4 is 0 Å². The molecule has 1 rings (SSSR count). The van der Waals surface area contributed by atoms with Crippen molar-refractivity contribution >= 4 is 10.9 Å². The molecule has 0 heterocycles. The van der Waals surface area contributed by atoms with Crippen LogP contribution in [0.3, 0.4) is 0 Å². The first-order valence-corrected chi connectivity index (χ1v) is 7.42. The summed E-state index contributed by atoms with van der Waals surface area (Å²) in [5, 5.41) is 0. The first-order chi connectivity index (χ1) is 9.74. The van der Waals surface area contributed by atoms with Gasteiger partial charge in [-0.3, -0.25) is 0 Å². The monoisotopic (exact) mass is 357 g/mol. The van der Waals surface area contributed by atoms with E-state index in [0.717, 1.165) is 6.26 Å². The van der Waals surface area contributed by atoms with Gasteiger partial charge < -0.3 is 0 Å². The van der Waals surface area contributed by atoms with Gasteiger partial charge in [0.1, 0.15) is 6.26 Å². The van der Waals surface area contributed by atoms with Gasteiger partial charge in [-0.25, -0.2) is 0 Å². The van der Waals surface area contributed by atoms with Gasteiger partial charge in [0.2, 0.25) is 0 Å². The molecule has 0 saturated carbocycles. The first-order valence-electron chi connectivity index (χ1n) is 5.62. The summed E-state index contributed by atoms with van der Waals surface area (Å²) < 4.78 is 114. The molecule has 0 spiro atoms. The Labute approximate surface area is 122 Å². The molecular formula is C12H10F9S+. The molecule has 0 aromatic heterocycles. The van der Waals surface area contributed by atoms with Crippen molar-refractivity contribution in [3.05, 3.63) is 30.3 Å². The molecule has 0 saturated heterocycles. The number of alkyl halides is 9. The van der Waals surface area contributed by atoms with Crippen LogP contribution in [-0.4, -0.2) is 36.0 Å². The zero-order valence-corrected chi connectivity index (χ0v) is 11.7. The standard InChI is InChI=1S/C12H10F9S/c1-22(8-5-3-2-4-6-8)7-9(13,14)10(15,16)11(17,18)12(19,20)21/h2-6H,7H2,1H3/q+1. The minimum atomic E-state index is -6.83. The average Bonchev–Trinajstić information content (AvgIpc) is 2.37. The normalized spacial score (nSPS) is 15.7. The predicted octanol–water partition coefficient (Wildman–Crippen LogP) is 4.76. The van der Waals surface area contributed by atoms with E-state index < -0.39 is 40.6 Å². The van der Waals surface area contributed by atoms with Crippen molar-refractivity contribution in [2.75, 3.05) is 12.0 Å². The molecule has 0 nitrogen and oxygen atoms in total. The van der Waals surface area contributed by atoms with Crippen LogP contribution in [0, 0.1) is 0 Å². The van der Waals surface area contributed by atoms with Gasteiger partial charge in [-0.2, -0.15) is 39.5 Å². The molecule has 0 aliphatic heterocycles. The fourth-order valence-corrected chi connectivity index (χ4v) is 3.02. The maximum atomic E-state index is 13.4. The molecule has 0 N–H and O–H groups in total. The number of hydrogen-bond donors (Lipinski definition) is 0. The van der Waals surface area contributed by atoms with Gasteiger partial charge in [0.05, 0.1) is 0 Å². The van der Waals surface area contributed by atoms with Crippen molar-refractivity contribution < 1.29 is 39.5 Å². The average molecular weight is 357 g/mol. The van der Waals surface area contributed by atoms with E-state index in [9.17, 15) is 39.5 Å². The molecule has 22 heavy (non-hydrogen) atoms. The molecule has 0 fully saturated rings. The predicted molar refractivity (Wildman–Crippen MR) is 63.8 cm³/mol. The molecule has 1 atom stereocenters. The van der Waals surface area contributed by atoms with Gasteiger partial charge in [-0.05, 0) is 12.1 Å². The Morgan fingerprint density at radius 3 is 1.64 bits per heavy atom. The van der Waals surface area contributed by atoms with E-state index in [0.29, 0.717) is 0 Å². The summed E-state index contributed by atoms with van der Waals surface area (Å²) in [7, 11) is -1.64. The third-order valence-corrected chi connectivity index (χ3v) is 4.63. The fourth-order valence-electron chi connectivity index (χ4n) is 1.51. The van der Waals surface area contributed by atoms with E-state index in [2.05, 4.69) is 0 Å². The Bertz CT molecular complexity index is 495. The molecule has 0 aliphatic rings. The van der Waals surface area contributed by atoms with Crippen molar-refractivity contribution in [2.24, 2.45) is 0 Å². The van der Waals surface area contributed by atoms with Crippen LogP contribution in [0.4, 0.5) is 39.5 Å². The summed E-state index contributed by atoms with van der Waals surface area (Å²) in [6.07, 6.45) is -5.72. The topological polar surface area (TPSA) is 0 Å². The largest absolute Gasteiger partial charge is 0.460 e. The molecule has 1 aromatic carbocycles. The summed E-state index contributed by atoms with van der Waals surface area (Å²) in [4.78, 5) is 0.147. The fraction of sp³-hybridized carbons (Fsp3) is 0.500. The van der Waals surface area contributed by atoms with Crippen molar-refractivity contribution in [1.82, 2.24) is 0 Å². The van der Waals surface area contributed by atoms with Crippen molar-refractivity contribution in [2.45, 2.75) is 28.8 Å². The highest BCUT2D eigenvalue weighted by molar-refractivity contribution is 7.96. The highest BCUT2D eigenvalue weighted by Gasteiger charge is 2.82. The Balaban J connectivity index is 3.07. The van der Waals surface area contributed by atoms with Crippen LogP contribution in [0.1, 0.15) is 0 Å². The first kappa shape index (κ1) is 19.0. The van der Waals surface area contributed by atoms with E-state index in [4.69, 9.17) is 0 Å². The quantitative estimate of drug-likeness (QED) is 0.526. The minimum Gasteiger partial charge on any atom is -0.194 e. The van der Waals surface area contributed by atoms with Crippen molar-refractivity contribution in [1.29, 1.82) is 0 Å². The maximum Gasteiger partial charge on any atom is 0.460 e. The summed E-state index contributed by atoms with van der Waals surface area (Å²) in [5.74, 6) is -20.7. The van der Waals surface area contributed by atoms with Crippen LogP contribution in [-0.2, 0) is 10.9 Å². The smallest absolute Gasteiger partial charge is 0.194 e. The molecule has 0 aliphatic carbocycles. The van der Waals surface area contributed by atoms with Crippen LogP contribution >= 0.6 is 0 Å². The Kier molecular flexibility index (Phi) is 5.06. The Morgan fingerprint density at radius 1 is 0.773 bits per heavy atom. The maximum absolute atomic E-state index is 13.4. The third-order valence-electron chi connectivity index (χ3n) is 2.75. The second-order valence-electron chi connectivity index (χ2n) is 4.45. The second-order valence-corrected chi connectivity index (χ2v) is 6.48. The second kappa shape index (κ2) is 5.86. The molecular weight excluding hydrogens is 347 g/mol. The molecule has 126 valence electrons. The summed E-state index contributed by atoms with van der Waals surface area (Å²) >= 11 is 0. The molecule has 0 amide bonds. The van der Waals surface area contributed by atoms with Crippen LogP contribution in [0.5, 0.6) is 0 Å². The molecule has 1 aromatic rings. The molecule has 0 bridgehead atoms. The lowest BCUT2D eigenvalue weighted by Gasteiger charge is -2.32. The summed E-state index contributed by atoms with van der Waals surface area (Å²) in [6.45, 7) is 0. The van der Waals surface area contributed by atoms with Gasteiger partial charge in [0.15, 0.2) is 10.6 Å². The number of hydrogen-bond acceptors (Lipinski definition) is 0. The Hall–Kier alpha value is -1.06. The summed E-state index contributed by atoms with van der Waals surface area (Å²) in [5.41, 5.74) is 0. The van der Waals surface area contributed by atoms with Crippen LogP contribution in [0.2, 0.25) is 0 Å².